The monoisotopic (exact) mass is 298 g/mol. The molecule has 0 heterocycles. The molecule has 0 radical (unpaired) electrons. The second-order valence-electron chi connectivity index (χ2n) is 6.93. The first-order valence-electron chi connectivity index (χ1n) is 9.81. The van der Waals surface area contributed by atoms with Crippen LogP contribution in [0.3, 0.4) is 0 Å². The summed E-state index contributed by atoms with van der Waals surface area (Å²) in [4.78, 5) is 0. The number of rotatable bonds is 16. The maximum Gasteiger partial charge on any atom is 0.0336 e. The van der Waals surface area contributed by atoms with Crippen molar-refractivity contribution in [2.75, 3.05) is 0 Å². The van der Waals surface area contributed by atoms with Crippen molar-refractivity contribution >= 4 is 8.80 Å². The first-order chi connectivity index (χ1) is 9.81. The molecule has 0 nitrogen and oxygen atoms in total. The van der Waals surface area contributed by atoms with Crippen molar-refractivity contribution < 1.29 is 0 Å². The third-order valence-electron chi connectivity index (χ3n) is 4.60. The van der Waals surface area contributed by atoms with Gasteiger partial charge < -0.3 is 0 Å². The van der Waals surface area contributed by atoms with Gasteiger partial charge in [-0.25, -0.2) is 0 Å². The molecule has 0 bridgehead atoms. The van der Waals surface area contributed by atoms with E-state index in [-0.39, 0.29) is 8.80 Å². The van der Waals surface area contributed by atoms with E-state index in [1.807, 2.05) is 0 Å². The first kappa shape index (κ1) is 20.2. The Morgan fingerprint density at radius 1 is 0.450 bits per heavy atom. The average Bonchev–Trinajstić information content (AvgIpc) is 2.45. The van der Waals surface area contributed by atoms with E-state index in [4.69, 9.17) is 0 Å². The average molecular weight is 299 g/mol. The fraction of sp³-hybridized carbons (Fsp3) is 1.00. The van der Waals surface area contributed by atoms with Gasteiger partial charge in [0, 0.05) is 8.80 Å². The molecular formula is C19H42Si. The molecule has 0 saturated heterocycles. The Hall–Kier alpha value is 0.217. The highest BCUT2D eigenvalue weighted by molar-refractivity contribution is 6.57. The standard InChI is InChI=1S/C19H42Si/c1-4-6-8-10-12-13-15-17-19-20(3)18-16-14-11-9-7-5-2/h20H,4-19H2,1-3H3. The highest BCUT2D eigenvalue weighted by atomic mass is 28.3. The molecule has 0 rings (SSSR count). The molecule has 1 unspecified atom stereocenters. The summed E-state index contributed by atoms with van der Waals surface area (Å²) in [5.74, 6) is 0. The summed E-state index contributed by atoms with van der Waals surface area (Å²) in [6.45, 7) is 7.21. The van der Waals surface area contributed by atoms with Crippen molar-refractivity contribution in [3.63, 3.8) is 0 Å². The molecule has 0 aromatic carbocycles. The van der Waals surface area contributed by atoms with Crippen LogP contribution in [0.2, 0.25) is 18.6 Å². The van der Waals surface area contributed by atoms with Gasteiger partial charge in [0.15, 0.2) is 0 Å². The van der Waals surface area contributed by atoms with Gasteiger partial charge in [0.25, 0.3) is 0 Å². The topological polar surface area (TPSA) is 0 Å². The minimum atomic E-state index is -0.331. The van der Waals surface area contributed by atoms with Crippen LogP contribution in [0.4, 0.5) is 0 Å². The van der Waals surface area contributed by atoms with E-state index in [1.165, 1.54) is 89.9 Å². The highest BCUT2D eigenvalue weighted by Gasteiger charge is 2.03. The molecule has 0 aromatic rings. The second-order valence-corrected chi connectivity index (χ2v) is 10.3. The lowest BCUT2D eigenvalue weighted by Gasteiger charge is -2.09. The van der Waals surface area contributed by atoms with Gasteiger partial charge in [-0.3, -0.25) is 0 Å². The van der Waals surface area contributed by atoms with Gasteiger partial charge in [-0.2, -0.15) is 0 Å². The Morgan fingerprint density at radius 2 is 0.750 bits per heavy atom. The lowest BCUT2D eigenvalue weighted by atomic mass is 10.1. The van der Waals surface area contributed by atoms with Gasteiger partial charge in [0.1, 0.15) is 0 Å². The summed E-state index contributed by atoms with van der Waals surface area (Å²) in [5.41, 5.74) is 0. The Kier molecular flexibility index (Phi) is 17.5. The molecule has 20 heavy (non-hydrogen) atoms. The predicted octanol–water partition coefficient (Wildman–Crippen LogP) is 7.34. The largest absolute Gasteiger partial charge is 0.0720 e. The van der Waals surface area contributed by atoms with E-state index in [0.29, 0.717) is 0 Å². The van der Waals surface area contributed by atoms with Gasteiger partial charge in [-0.15, -0.1) is 0 Å². The lowest BCUT2D eigenvalue weighted by Crippen LogP contribution is -2.05. The van der Waals surface area contributed by atoms with Crippen molar-refractivity contribution in [2.24, 2.45) is 0 Å². The van der Waals surface area contributed by atoms with E-state index in [0.717, 1.165) is 0 Å². The number of unbranched alkanes of at least 4 members (excludes halogenated alkanes) is 12. The molecule has 0 saturated carbocycles. The van der Waals surface area contributed by atoms with E-state index in [2.05, 4.69) is 20.4 Å². The van der Waals surface area contributed by atoms with Crippen LogP contribution in [0.15, 0.2) is 0 Å². The van der Waals surface area contributed by atoms with Gasteiger partial charge in [-0.05, 0) is 0 Å². The zero-order chi connectivity index (χ0) is 14.9. The van der Waals surface area contributed by atoms with Gasteiger partial charge >= 0.3 is 0 Å². The summed E-state index contributed by atoms with van der Waals surface area (Å²) in [6.07, 6.45) is 20.7. The minimum Gasteiger partial charge on any atom is -0.0720 e. The molecule has 0 N–H and O–H groups in total. The van der Waals surface area contributed by atoms with Crippen LogP contribution in [-0.4, -0.2) is 8.80 Å². The third kappa shape index (κ3) is 16.3. The zero-order valence-corrected chi connectivity index (χ0v) is 16.0. The van der Waals surface area contributed by atoms with E-state index in [9.17, 15) is 0 Å². The normalized spacial score (nSPS) is 12.8. The molecule has 1 atom stereocenters. The second kappa shape index (κ2) is 17.3. The van der Waals surface area contributed by atoms with Gasteiger partial charge in [-0.1, -0.05) is 122 Å². The molecule has 0 amide bonds. The molecule has 122 valence electrons. The van der Waals surface area contributed by atoms with E-state index in [1.54, 1.807) is 12.1 Å². The Bertz CT molecular complexity index is 167. The van der Waals surface area contributed by atoms with Crippen molar-refractivity contribution in [1.29, 1.82) is 0 Å². The smallest absolute Gasteiger partial charge is 0.0336 e. The summed E-state index contributed by atoms with van der Waals surface area (Å²) >= 11 is 0. The SMILES string of the molecule is CCCCCCCCCC[SiH](C)CCCCCCCC. The summed E-state index contributed by atoms with van der Waals surface area (Å²) in [6, 6.07) is 3.23. The molecule has 0 aliphatic heterocycles. The van der Waals surface area contributed by atoms with Crippen molar-refractivity contribution in [1.82, 2.24) is 0 Å². The fourth-order valence-electron chi connectivity index (χ4n) is 3.04. The van der Waals surface area contributed by atoms with Crippen LogP contribution in [-0.2, 0) is 0 Å². The number of hydrogen-bond acceptors (Lipinski definition) is 0. The lowest BCUT2D eigenvalue weighted by molar-refractivity contribution is 0.584. The minimum absolute atomic E-state index is 0.331. The van der Waals surface area contributed by atoms with Crippen LogP contribution in [0.1, 0.15) is 104 Å². The Morgan fingerprint density at radius 3 is 1.10 bits per heavy atom. The van der Waals surface area contributed by atoms with Crippen LogP contribution < -0.4 is 0 Å². The zero-order valence-electron chi connectivity index (χ0n) is 14.9. The predicted molar refractivity (Wildman–Crippen MR) is 98.6 cm³/mol. The summed E-state index contributed by atoms with van der Waals surface area (Å²) in [7, 11) is -0.331. The quantitative estimate of drug-likeness (QED) is 0.206. The molecular weight excluding hydrogens is 256 g/mol. The first-order valence-corrected chi connectivity index (χ1v) is 12.6. The molecule has 1 heteroatoms. The van der Waals surface area contributed by atoms with E-state index < -0.39 is 0 Å². The number of hydrogen-bond donors (Lipinski definition) is 0. The Balaban J connectivity index is 3.10. The highest BCUT2D eigenvalue weighted by Crippen LogP contribution is 2.15. The summed E-state index contributed by atoms with van der Waals surface area (Å²) in [5, 5.41) is 0. The van der Waals surface area contributed by atoms with Crippen molar-refractivity contribution in [2.45, 2.75) is 122 Å². The molecule has 0 fully saturated rings. The van der Waals surface area contributed by atoms with Crippen LogP contribution in [0.5, 0.6) is 0 Å². The molecule has 0 aliphatic rings. The fourth-order valence-corrected chi connectivity index (χ4v) is 5.30. The van der Waals surface area contributed by atoms with Gasteiger partial charge in [0.2, 0.25) is 0 Å². The molecule has 0 spiro atoms. The van der Waals surface area contributed by atoms with Gasteiger partial charge in [0.05, 0.1) is 0 Å². The maximum absolute atomic E-state index is 2.60. The van der Waals surface area contributed by atoms with Crippen LogP contribution in [0, 0.1) is 0 Å². The van der Waals surface area contributed by atoms with Crippen LogP contribution >= 0.6 is 0 Å². The third-order valence-corrected chi connectivity index (χ3v) is 7.39. The van der Waals surface area contributed by atoms with Crippen molar-refractivity contribution in [3.05, 3.63) is 0 Å². The Labute approximate surface area is 131 Å². The van der Waals surface area contributed by atoms with Crippen molar-refractivity contribution in [3.8, 4) is 0 Å². The molecule has 0 aliphatic carbocycles. The molecule has 0 aromatic heterocycles. The maximum atomic E-state index is 2.60. The van der Waals surface area contributed by atoms with Crippen LogP contribution in [0.25, 0.3) is 0 Å². The summed E-state index contributed by atoms with van der Waals surface area (Å²) < 4.78 is 0. The van der Waals surface area contributed by atoms with E-state index >= 15 is 0 Å².